The Morgan fingerprint density at radius 1 is 1.64 bits per heavy atom. The summed E-state index contributed by atoms with van der Waals surface area (Å²) in [6, 6.07) is 1.86. The van der Waals surface area contributed by atoms with Crippen LogP contribution in [0.1, 0.15) is 34.5 Å². The van der Waals surface area contributed by atoms with Crippen LogP contribution in [-0.4, -0.2) is 13.1 Å². The van der Waals surface area contributed by atoms with Crippen molar-refractivity contribution in [3.8, 4) is 0 Å². The highest BCUT2D eigenvalue weighted by Gasteiger charge is 2.35. The third-order valence-electron chi connectivity index (χ3n) is 2.76. The first-order valence-electron chi connectivity index (χ1n) is 4.62. The van der Waals surface area contributed by atoms with Gasteiger partial charge in [0.15, 0.2) is 0 Å². The number of esters is 1. The molecule has 76 valence electrons. The van der Waals surface area contributed by atoms with E-state index < -0.39 is 0 Å². The van der Waals surface area contributed by atoms with Gasteiger partial charge in [0.25, 0.3) is 0 Å². The lowest BCUT2D eigenvalue weighted by molar-refractivity contribution is 0.0601. The van der Waals surface area contributed by atoms with E-state index in [1.807, 2.05) is 11.4 Å². The molecule has 2 rings (SSSR count). The summed E-state index contributed by atoms with van der Waals surface area (Å²) in [6.07, 6.45) is 3.23. The van der Waals surface area contributed by atoms with Gasteiger partial charge in [-0.3, -0.25) is 0 Å². The molecule has 0 spiro atoms. The number of rotatable bonds is 2. The van der Waals surface area contributed by atoms with E-state index >= 15 is 0 Å². The number of carbonyl (C=O) groups is 1. The minimum Gasteiger partial charge on any atom is -0.465 e. The second-order valence-corrected chi connectivity index (χ2v) is 4.61. The summed E-state index contributed by atoms with van der Waals surface area (Å²) in [5, 5.41) is 1.81. The fraction of sp³-hybridized carbons (Fsp3) is 0.500. The Morgan fingerprint density at radius 3 is 2.86 bits per heavy atom. The molecule has 0 radical (unpaired) electrons. The lowest BCUT2D eigenvalue weighted by atomic mass is 9.76. The van der Waals surface area contributed by atoms with E-state index in [2.05, 4.69) is 4.74 Å². The number of nitrogens with two attached hydrogens (primary N) is 1. The van der Waals surface area contributed by atoms with E-state index in [0.717, 1.165) is 17.7 Å². The molecule has 0 bridgehead atoms. The summed E-state index contributed by atoms with van der Waals surface area (Å²) >= 11 is 1.55. The maximum Gasteiger partial charge on any atom is 0.338 e. The van der Waals surface area contributed by atoms with Crippen molar-refractivity contribution in [3.05, 3.63) is 21.9 Å². The quantitative estimate of drug-likeness (QED) is 0.760. The van der Waals surface area contributed by atoms with Crippen LogP contribution in [0.5, 0.6) is 0 Å². The molecular weight excluding hydrogens is 198 g/mol. The molecule has 1 heterocycles. The van der Waals surface area contributed by atoms with Gasteiger partial charge in [-0.05, 0) is 25.3 Å². The first kappa shape index (κ1) is 9.68. The van der Waals surface area contributed by atoms with Crippen molar-refractivity contribution in [1.82, 2.24) is 0 Å². The molecule has 1 aliphatic rings. The van der Waals surface area contributed by atoms with Crippen molar-refractivity contribution in [3.63, 3.8) is 0 Å². The average Bonchev–Trinajstić information content (AvgIpc) is 2.62. The van der Waals surface area contributed by atoms with Crippen LogP contribution in [-0.2, 0) is 10.3 Å². The van der Waals surface area contributed by atoms with Crippen molar-refractivity contribution in [1.29, 1.82) is 0 Å². The highest BCUT2D eigenvalue weighted by atomic mass is 32.1. The standard InChI is InChI=1S/C10H13NO2S/c1-13-9(12)7-5-8(14-6-7)10(11)3-2-4-10/h5-6H,2-4,11H2,1H3. The minimum absolute atomic E-state index is 0.170. The molecule has 0 aliphatic heterocycles. The number of methoxy groups -OCH3 is 1. The lowest BCUT2D eigenvalue weighted by Gasteiger charge is -2.37. The van der Waals surface area contributed by atoms with E-state index in [-0.39, 0.29) is 11.5 Å². The Balaban J connectivity index is 2.21. The fourth-order valence-corrected chi connectivity index (χ4v) is 2.68. The van der Waals surface area contributed by atoms with Gasteiger partial charge in [-0.1, -0.05) is 0 Å². The molecule has 4 heteroatoms. The summed E-state index contributed by atoms with van der Waals surface area (Å²) in [7, 11) is 1.39. The molecule has 1 saturated carbocycles. The summed E-state index contributed by atoms with van der Waals surface area (Å²) < 4.78 is 4.64. The van der Waals surface area contributed by atoms with Crippen LogP contribution in [0.25, 0.3) is 0 Å². The van der Waals surface area contributed by atoms with Gasteiger partial charge in [0.2, 0.25) is 0 Å². The maximum absolute atomic E-state index is 11.2. The van der Waals surface area contributed by atoms with Gasteiger partial charge >= 0.3 is 5.97 Å². The molecular formula is C10H13NO2S. The Hall–Kier alpha value is -0.870. The molecule has 14 heavy (non-hydrogen) atoms. The van der Waals surface area contributed by atoms with E-state index in [9.17, 15) is 4.79 Å². The molecule has 1 fully saturated rings. The van der Waals surface area contributed by atoms with Gasteiger partial charge in [0.05, 0.1) is 18.2 Å². The Kier molecular flexibility index (Phi) is 2.33. The molecule has 0 unspecified atom stereocenters. The van der Waals surface area contributed by atoms with E-state index in [4.69, 9.17) is 5.73 Å². The third kappa shape index (κ3) is 1.44. The summed E-state index contributed by atoms with van der Waals surface area (Å²) in [4.78, 5) is 12.3. The van der Waals surface area contributed by atoms with Crippen LogP contribution in [0.15, 0.2) is 11.4 Å². The predicted molar refractivity (Wildman–Crippen MR) is 55.4 cm³/mol. The molecule has 0 atom stereocenters. The number of thiophene rings is 1. The van der Waals surface area contributed by atoms with E-state index in [0.29, 0.717) is 5.56 Å². The summed E-state index contributed by atoms with van der Waals surface area (Å²) in [5.74, 6) is -0.282. The van der Waals surface area contributed by atoms with Crippen molar-refractivity contribution in [2.45, 2.75) is 24.8 Å². The van der Waals surface area contributed by atoms with Crippen LogP contribution in [0, 0.1) is 0 Å². The van der Waals surface area contributed by atoms with Gasteiger partial charge in [-0.15, -0.1) is 11.3 Å². The zero-order valence-corrected chi connectivity index (χ0v) is 8.89. The number of hydrogen-bond acceptors (Lipinski definition) is 4. The Morgan fingerprint density at radius 2 is 2.36 bits per heavy atom. The molecule has 0 saturated heterocycles. The molecule has 0 amide bonds. The zero-order valence-electron chi connectivity index (χ0n) is 8.08. The largest absolute Gasteiger partial charge is 0.465 e. The smallest absolute Gasteiger partial charge is 0.338 e. The Bertz CT molecular complexity index is 355. The SMILES string of the molecule is COC(=O)c1csc(C2(N)CCC2)c1. The average molecular weight is 211 g/mol. The van der Waals surface area contributed by atoms with Gasteiger partial charge in [0, 0.05) is 10.3 Å². The highest BCUT2D eigenvalue weighted by Crippen LogP contribution is 2.41. The number of ether oxygens (including phenoxy) is 1. The topological polar surface area (TPSA) is 52.3 Å². The van der Waals surface area contributed by atoms with Crippen LogP contribution >= 0.6 is 11.3 Å². The van der Waals surface area contributed by atoms with Crippen LogP contribution < -0.4 is 5.73 Å². The molecule has 1 aliphatic carbocycles. The van der Waals surface area contributed by atoms with Gasteiger partial charge in [-0.2, -0.15) is 0 Å². The third-order valence-corrected chi connectivity index (χ3v) is 3.91. The summed E-state index contributed by atoms with van der Waals surface area (Å²) in [6.45, 7) is 0. The number of carbonyl (C=O) groups excluding carboxylic acids is 1. The Labute approximate surface area is 86.9 Å². The van der Waals surface area contributed by atoms with Gasteiger partial charge < -0.3 is 10.5 Å². The second kappa shape index (κ2) is 3.37. The van der Waals surface area contributed by atoms with Crippen molar-refractivity contribution in [2.75, 3.05) is 7.11 Å². The zero-order chi connectivity index (χ0) is 10.2. The highest BCUT2D eigenvalue weighted by molar-refractivity contribution is 7.10. The molecule has 1 aromatic rings. The lowest BCUT2D eigenvalue weighted by Crippen LogP contribution is -2.42. The van der Waals surface area contributed by atoms with E-state index in [1.54, 1.807) is 11.3 Å². The molecule has 1 aromatic heterocycles. The van der Waals surface area contributed by atoms with Crippen LogP contribution in [0.2, 0.25) is 0 Å². The normalized spacial score (nSPS) is 18.7. The molecule has 3 nitrogen and oxygen atoms in total. The van der Waals surface area contributed by atoms with Crippen molar-refractivity contribution < 1.29 is 9.53 Å². The minimum atomic E-state index is -0.282. The molecule has 0 aromatic carbocycles. The predicted octanol–water partition coefficient (Wildman–Crippen LogP) is 1.87. The van der Waals surface area contributed by atoms with Crippen LogP contribution in [0.4, 0.5) is 0 Å². The first-order valence-corrected chi connectivity index (χ1v) is 5.50. The molecule has 2 N–H and O–H groups in total. The summed E-state index contributed by atoms with van der Waals surface area (Å²) in [5.41, 5.74) is 6.58. The fourth-order valence-electron chi connectivity index (χ4n) is 1.63. The van der Waals surface area contributed by atoms with E-state index in [1.165, 1.54) is 13.5 Å². The van der Waals surface area contributed by atoms with Crippen molar-refractivity contribution >= 4 is 17.3 Å². The monoisotopic (exact) mass is 211 g/mol. The maximum atomic E-state index is 11.2. The van der Waals surface area contributed by atoms with Gasteiger partial charge in [-0.25, -0.2) is 4.79 Å². The first-order chi connectivity index (χ1) is 6.65. The van der Waals surface area contributed by atoms with Crippen LogP contribution in [0.3, 0.4) is 0 Å². The van der Waals surface area contributed by atoms with Crippen molar-refractivity contribution in [2.24, 2.45) is 5.73 Å². The number of hydrogen-bond donors (Lipinski definition) is 1. The second-order valence-electron chi connectivity index (χ2n) is 3.70. The van der Waals surface area contributed by atoms with Gasteiger partial charge in [0.1, 0.15) is 0 Å².